The number of nitrogens with zero attached hydrogens (tertiary/aromatic N) is 1. The first kappa shape index (κ1) is 12.5. The fourth-order valence-electron chi connectivity index (χ4n) is 1.56. The maximum atomic E-state index is 11.9. The van der Waals surface area contributed by atoms with Gasteiger partial charge in [0.15, 0.2) is 0 Å². The van der Waals surface area contributed by atoms with Gasteiger partial charge in [0, 0.05) is 13.1 Å². The minimum atomic E-state index is -0.0782. The fraction of sp³-hybridized carbons (Fsp3) is 0.909. The van der Waals surface area contributed by atoms with Crippen LogP contribution in [0.1, 0.15) is 20.8 Å². The number of morpholine rings is 1. The van der Waals surface area contributed by atoms with E-state index in [4.69, 9.17) is 4.74 Å². The van der Waals surface area contributed by atoms with Gasteiger partial charge in [-0.1, -0.05) is 13.8 Å². The van der Waals surface area contributed by atoms with E-state index in [9.17, 15) is 4.79 Å². The lowest BCUT2D eigenvalue weighted by Gasteiger charge is -2.29. The summed E-state index contributed by atoms with van der Waals surface area (Å²) in [6.07, 6.45) is 0. The monoisotopic (exact) mass is 214 g/mol. The van der Waals surface area contributed by atoms with Crippen molar-refractivity contribution in [3.8, 4) is 0 Å². The quantitative estimate of drug-likeness (QED) is 0.740. The molecule has 1 atom stereocenters. The SMILES string of the molecule is CC(C)CNC(C)C(=O)N1CCOCC1. The average molecular weight is 214 g/mol. The largest absolute Gasteiger partial charge is 0.378 e. The number of rotatable bonds is 4. The van der Waals surface area contributed by atoms with Crippen molar-refractivity contribution < 1.29 is 9.53 Å². The molecule has 1 aliphatic heterocycles. The van der Waals surface area contributed by atoms with Gasteiger partial charge in [0.2, 0.25) is 5.91 Å². The maximum Gasteiger partial charge on any atom is 0.239 e. The number of carbonyl (C=O) groups excluding carboxylic acids is 1. The zero-order chi connectivity index (χ0) is 11.3. The van der Waals surface area contributed by atoms with Crippen molar-refractivity contribution in [2.75, 3.05) is 32.8 Å². The molecule has 0 aliphatic carbocycles. The first-order valence-electron chi connectivity index (χ1n) is 5.71. The normalized spacial score (nSPS) is 19.3. The van der Waals surface area contributed by atoms with E-state index in [1.54, 1.807) is 0 Å². The van der Waals surface area contributed by atoms with Crippen molar-refractivity contribution >= 4 is 5.91 Å². The summed E-state index contributed by atoms with van der Waals surface area (Å²) in [5.74, 6) is 0.767. The topological polar surface area (TPSA) is 41.6 Å². The molecule has 1 amide bonds. The number of hydrogen-bond donors (Lipinski definition) is 1. The molecule has 0 bridgehead atoms. The van der Waals surface area contributed by atoms with Gasteiger partial charge in [-0.15, -0.1) is 0 Å². The molecule has 1 aliphatic rings. The van der Waals surface area contributed by atoms with Crippen LogP contribution in [-0.2, 0) is 9.53 Å². The highest BCUT2D eigenvalue weighted by molar-refractivity contribution is 5.81. The summed E-state index contributed by atoms with van der Waals surface area (Å²) in [7, 11) is 0. The highest BCUT2D eigenvalue weighted by atomic mass is 16.5. The Morgan fingerprint density at radius 2 is 1.93 bits per heavy atom. The molecule has 0 saturated carbocycles. The van der Waals surface area contributed by atoms with Crippen molar-refractivity contribution in [3.05, 3.63) is 0 Å². The Hall–Kier alpha value is -0.610. The Kier molecular flexibility index (Phi) is 5.05. The smallest absolute Gasteiger partial charge is 0.239 e. The van der Waals surface area contributed by atoms with Crippen LogP contribution in [0.5, 0.6) is 0 Å². The van der Waals surface area contributed by atoms with Crippen LogP contribution in [0.3, 0.4) is 0 Å². The lowest BCUT2D eigenvalue weighted by atomic mass is 10.2. The third-order valence-corrected chi connectivity index (χ3v) is 2.53. The van der Waals surface area contributed by atoms with Gasteiger partial charge in [-0.25, -0.2) is 0 Å². The lowest BCUT2D eigenvalue weighted by molar-refractivity contribution is -0.137. The predicted molar refractivity (Wildman–Crippen MR) is 59.7 cm³/mol. The summed E-state index contributed by atoms with van der Waals surface area (Å²) in [6, 6.07) is -0.0782. The van der Waals surface area contributed by atoms with Gasteiger partial charge in [-0.2, -0.15) is 0 Å². The molecular formula is C11H22N2O2. The Labute approximate surface area is 92.0 Å². The predicted octanol–water partition coefficient (Wildman–Crippen LogP) is 0.479. The van der Waals surface area contributed by atoms with Crippen molar-refractivity contribution in [2.24, 2.45) is 5.92 Å². The van der Waals surface area contributed by atoms with E-state index in [2.05, 4.69) is 19.2 Å². The van der Waals surface area contributed by atoms with Gasteiger partial charge < -0.3 is 15.0 Å². The third-order valence-electron chi connectivity index (χ3n) is 2.53. The van der Waals surface area contributed by atoms with Crippen LogP contribution >= 0.6 is 0 Å². The van der Waals surface area contributed by atoms with E-state index in [-0.39, 0.29) is 11.9 Å². The summed E-state index contributed by atoms with van der Waals surface area (Å²) in [5.41, 5.74) is 0. The number of carbonyl (C=O) groups is 1. The third kappa shape index (κ3) is 4.18. The van der Waals surface area contributed by atoms with E-state index in [0.29, 0.717) is 19.1 Å². The van der Waals surface area contributed by atoms with E-state index in [0.717, 1.165) is 19.6 Å². The molecule has 15 heavy (non-hydrogen) atoms. The van der Waals surface area contributed by atoms with Crippen LogP contribution in [0.2, 0.25) is 0 Å². The maximum absolute atomic E-state index is 11.9. The van der Waals surface area contributed by atoms with Crippen LogP contribution < -0.4 is 5.32 Å². The van der Waals surface area contributed by atoms with E-state index in [1.165, 1.54) is 0 Å². The number of ether oxygens (including phenoxy) is 1. The van der Waals surface area contributed by atoms with Crippen molar-refractivity contribution in [1.82, 2.24) is 10.2 Å². The minimum Gasteiger partial charge on any atom is -0.378 e. The first-order valence-corrected chi connectivity index (χ1v) is 5.71. The molecule has 0 aromatic heterocycles. The first-order chi connectivity index (χ1) is 7.11. The second kappa shape index (κ2) is 6.08. The Morgan fingerprint density at radius 3 is 2.47 bits per heavy atom. The van der Waals surface area contributed by atoms with Crippen molar-refractivity contribution in [2.45, 2.75) is 26.8 Å². The Balaban J connectivity index is 2.30. The highest BCUT2D eigenvalue weighted by Crippen LogP contribution is 2.01. The van der Waals surface area contributed by atoms with Crippen LogP contribution in [0, 0.1) is 5.92 Å². The standard InChI is InChI=1S/C11H22N2O2/c1-9(2)8-12-10(3)11(14)13-4-6-15-7-5-13/h9-10,12H,4-8H2,1-3H3. The molecule has 0 radical (unpaired) electrons. The lowest BCUT2D eigenvalue weighted by Crippen LogP contribution is -2.49. The zero-order valence-electron chi connectivity index (χ0n) is 9.95. The number of hydrogen-bond acceptors (Lipinski definition) is 3. The van der Waals surface area contributed by atoms with Crippen molar-refractivity contribution in [3.63, 3.8) is 0 Å². The fourth-order valence-corrected chi connectivity index (χ4v) is 1.56. The molecule has 0 aromatic rings. The van der Waals surface area contributed by atoms with E-state index in [1.807, 2.05) is 11.8 Å². The minimum absolute atomic E-state index is 0.0782. The molecule has 4 heteroatoms. The summed E-state index contributed by atoms with van der Waals surface area (Å²) >= 11 is 0. The van der Waals surface area contributed by atoms with E-state index >= 15 is 0 Å². The molecule has 0 aromatic carbocycles. The van der Waals surface area contributed by atoms with Crippen LogP contribution in [0.15, 0.2) is 0 Å². The van der Waals surface area contributed by atoms with E-state index < -0.39 is 0 Å². The Morgan fingerprint density at radius 1 is 1.33 bits per heavy atom. The van der Waals surface area contributed by atoms with Crippen LogP contribution in [0.25, 0.3) is 0 Å². The molecule has 1 N–H and O–H groups in total. The van der Waals surface area contributed by atoms with Gasteiger partial charge in [0.05, 0.1) is 19.3 Å². The summed E-state index contributed by atoms with van der Waals surface area (Å²) < 4.78 is 5.21. The second-order valence-electron chi connectivity index (χ2n) is 4.46. The van der Waals surface area contributed by atoms with Gasteiger partial charge in [0.1, 0.15) is 0 Å². The molecule has 1 fully saturated rings. The molecule has 88 valence electrons. The molecule has 0 spiro atoms. The molecular weight excluding hydrogens is 192 g/mol. The zero-order valence-corrected chi connectivity index (χ0v) is 9.95. The molecule has 4 nitrogen and oxygen atoms in total. The van der Waals surface area contributed by atoms with Gasteiger partial charge >= 0.3 is 0 Å². The van der Waals surface area contributed by atoms with Gasteiger partial charge in [-0.3, -0.25) is 4.79 Å². The Bertz CT molecular complexity index is 201. The molecule has 1 rings (SSSR count). The van der Waals surface area contributed by atoms with Crippen LogP contribution in [0.4, 0.5) is 0 Å². The summed E-state index contributed by atoms with van der Waals surface area (Å²) in [6.45, 7) is 9.89. The summed E-state index contributed by atoms with van der Waals surface area (Å²) in [4.78, 5) is 13.8. The number of nitrogens with one attached hydrogen (secondary N) is 1. The van der Waals surface area contributed by atoms with Crippen molar-refractivity contribution in [1.29, 1.82) is 0 Å². The molecule has 1 unspecified atom stereocenters. The second-order valence-corrected chi connectivity index (χ2v) is 4.46. The molecule has 1 saturated heterocycles. The highest BCUT2D eigenvalue weighted by Gasteiger charge is 2.21. The number of amides is 1. The average Bonchev–Trinajstić information content (AvgIpc) is 2.26. The van der Waals surface area contributed by atoms with Gasteiger partial charge in [0.25, 0.3) is 0 Å². The van der Waals surface area contributed by atoms with Gasteiger partial charge in [-0.05, 0) is 19.4 Å². The molecule has 1 heterocycles. The summed E-state index contributed by atoms with van der Waals surface area (Å²) in [5, 5.41) is 3.25. The van der Waals surface area contributed by atoms with Crippen LogP contribution in [-0.4, -0.2) is 49.7 Å².